The lowest BCUT2D eigenvalue weighted by molar-refractivity contribution is 0.600. The Morgan fingerprint density at radius 2 is 2.05 bits per heavy atom. The zero-order chi connectivity index (χ0) is 13.8. The van der Waals surface area contributed by atoms with E-state index >= 15 is 0 Å². The van der Waals surface area contributed by atoms with Gasteiger partial charge in [0.1, 0.15) is 0 Å². The van der Waals surface area contributed by atoms with Crippen LogP contribution in [0.2, 0.25) is 10.0 Å². The van der Waals surface area contributed by atoms with Gasteiger partial charge < -0.3 is 10.2 Å². The molecule has 3 rings (SSSR count). The molecule has 0 bridgehead atoms. The highest BCUT2D eigenvalue weighted by molar-refractivity contribution is 7.91. The number of hydrogen-bond donors (Lipinski definition) is 1. The van der Waals surface area contributed by atoms with Crippen molar-refractivity contribution in [3.8, 4) is 0 Å². The van der Waals surface area contributed by atoms with Crippen molar-refractivity contribution in [1.29, 1.82) is 0 Å². The quantitative estimate of drug-likeness (QED) is 0.793. The maximum atomic E-state index is 11.7. The van der Waals surface area contributed by atoms with Gasteiger partial charge in [-0.3, -0.25) is 0 Å². The van der Waals surface area contributed by atoms with Gasteiger partial charge in [-0.1, -0.05) is 29.3 Å². The van der Waals surface area contributed by atoms with Gasteiger partial charge >= 0.3 is 0 Å². The third kappa shape index (κ3) is 2.20. The van der Waals surface area contributed by atoms with E-state index in [1.165, 1.54) is 0 Å². The lowest BCUT2D eigenvalue weighted by Gasteiger charge is -2.24. The van der Waals surface area contributed by atoms with E-state index in [-0.39, 0.29) is 23.6 Å². The summed E-state index contributed by atoms with van der Waals surface area (Å²) < 4.78 is 23.4. The summed E-state index contributed by atoms with van der Waals surface area (Å²) >= 11 is 17.5. The number of benzene rings is 1. The third-order valence-electron chi connectivity index (χ3n) is 3.37. The first-order valence-electron chi connectivity index (χ1n) is 5.63. The molecule has 1 N–H and O–H groups in total. The van der Waals surface area contributed by atoms with Crippen molar-refractivity contribution in [2.75, 3.05) is 16.4 Å². The van der Waals surface area contributed by atoms with Crippen LogP contribution in [-0.4, -0.2) is 37.1 Å². The van der Waals surface area contributed by atoms with Crippen LogP contribution in [0.1, 0.15) is 0 Å². The van der Waals surface area contributed by atoms with E-state index in [9.17, 15) is 8.42 Å². The summed E-state index contributed by atoms with van der Waals surface area (Å²) in [5.74, 6) is 0.181. The Morgan fingerprint density at radius 3 is 2.79 bits per heavy atom. The third-order valence-corrected chi connectivity index (χ3v) is 6.21. The fourth-order valence-corrected chi connectivity index (χ4v) is 5.23. The van der Waals surface area contributed by atoms with Crippen LogP contribution in [0.25, 0.3) is 0 Å². The lowest BCUT2D eigenvalue weighted by atomic mass is 10.1. The molecule has 0 amide bonds. The first-order chi connectivity index (χ1) is 8.89. The second kappa shape index (κ2) is 4.48. The Kier molecular flexibility index (Phi) is 3.16. The van der Waals surface area contributed by atoms with Crippen LogP contribution in [-0.2, 0) is 9.84 Å². The van der Waals surface area contributed by atoms with Crippen molar-refractivity contribution in [2.45, 2.75) is 12.1 Å². The average Bonchev–Trinajstić information content (AvgIpc) is 2.73. The Bertz CT molecular complexity index is 663. The predicted molar refractivity (Wildman–Crippen MR) is 80.9 cm³/mol. The van der Waals surface area contributed by atoms with E-state index in [0.29, 0.717) is 20.8 Å². The standard InChI is InChI=1S/C11H10Cl2N2O2S2/c12-6-2-1-3-8(10(6)13)15-9-5-19(16,17)4-7(9)14-11(15)18/h1-3,7,9H,4-5H2,(H,14,18)/t7-,9+/m1/s1. The fourth-order valence-electron chi connectivity index (χ4n) is 2.57. The summed E-state index contributed by atoms with van der Waals surface area (Å²) in [6.07, 6.45) is 0. The first-order valence-corrected chi connectivity index (χ1v) is 8.62. The minimum absolute atomic E-state index is 0.0770. The predicted octanol–water partition coefficient (Wildman–Crippen LogP) is 1.85. The van der Waals surface area contributed by atoms with Crippen molar-refractivity contribution in [3.63, 3.8) is 0 Å². The van der Waals surface area contributed by atoms with Crippen LogP contribution in [0, 0.1) is 0 Å². The summed E-state index contributed by atoms with van der Waals surface area (Å²) in [6.45, 7) is 0. The van der Waals surface area contributed by atoms with Gasteiger partial charge in [-0.05, 0) is 24.4 Å². The number of sulfone groups is 1. The van der Waals surface area contributed by atoms with E-state index in [0.717, 1.165) is 0 Å². The summed E-state index contributed by atoms with van der Waals surface area (Å²) in [6, 6.07) is 4.85. The van der Waals surface area contributed by atoms with Gasteiger partial charge in [0.15, 0.2) is 14.9 Å². The Balaban J connectivity index is 2.05. The van der Waals surface area contributed by atoms with E-state index in [4.69, 9.17) is 35.4 Å². The number of fused-ring (bicyclic) bond motifs is 1. The molecule has 0 unspecified atom stereocenters. The van der Waals surface area contributed by atoms with Gasteiger partial charge in [-0.2, -0.15) is 0 Å². The molecule has 0 spiro atoms. The number of hydrogen-bond acceptors (Lipinski definition) is 3. The number of anilines is 1. The molecule has 2 saturated heterocycles. The van der Waals surface area contributed by atoms with Crippen LogP contribution in [0.5, 0.6) is 0 Å². The highest BCUT2D eigenvalue weighted by Crippen LogP contribution is 2.37. The summed E-state index contributed by atoms with van der Waals surface area (Å²) in [7, 11) is -3.03. The number of nitrogens with one attached hydrogen (secondary N) is 1. The number of thiocarbonyl (C=S) groups is 1. The largest absolute Gasteiger partial charge is 0.356 e. The Morgan fingerprint density at radius 1 is 1.32 bits per heavy atom. The Hall–Kier alpha value is -0.560. The first kappa shape index (κ1) is 13.4. The number of nitrogens with zero attached hydrogens (tertiary/aromatic N) is 1. The summed E-state index contributed by atoms with van der Waals surface area (Å²) in [5.41, 5.74) is 0.649. The van der Waals surface area contributed by atoms with Crippen LogP contribution >= 0.6 is 35.4 Å². The average molecular weight is 337 g/mol. The zero-order valence-electron chi connectivity index (χ0n) is 9.64. The van der Waals surface area contributed by atoms with Crippen molar-refractivity contribution >= 4 is 56.1 Å². The van der Waals surface area contributed by atoms with Crippen molar-refractivity contribution in [3.05, 3.63) is 28.2 Å². The highest BCUT2D eigenvalue weighted by atomic mass is 35.5. The van der Waals surface area contributed by atoms with Gasteiger partial charge in [-0.25, -0.2) is 8.42 Å². The number of rotatable bonds is 1. The van der Waals surface area contributed by atoms with Gasteiger partial charge in [0.2, 0.25) is 0 Å². The molecule has 0 aliphatic carbocycles. The van der Waals surface area contributed by atoms with E-state index in [2.05, 4.69) is 5.32 Å². The molecule has 2 heterocycles. The lowest BCUT2D eigenvalue weighted by Crippen LogP contribution is -2.37. The molecule has 4 nitrogen and oxygen atoms in total. The van der Waals surface area contributed by atoms with E-state index in [1.807, 2.05) is 0 Å². The van der Waals surface area contributed by atoms with E-state index in [1.54, 1.807) is 23.1 Å². The van der Waals surface area contributed by atoms with Gasteiger partial charge in [0.05, 0.1) is 39.3 Å². The molecule has 0 radical (unpaired) electrons. The molecule has 102 valence electrons. The molecular formula is C11H10Cl2N2O2S2. The zero-order valence-corrected chi connectivity index (χ0v) is 12.8. The maximum absolute atomic E-state index is 11.7. The van der Waals surface area contributed by atoms with E-state index < -0.39 is 9.84 Å². The second-order valence-corrected chi connectivity index (χ2v) is 7.97. The molecule has 19 heavy (non-hydrogen) atoms. The minimum Gasteiger partial charge on any atom is -0.356 e. The van der Waals surface area contributed by atoms with Crippen molar-refractivity contribution in [2.24, 2.45) is 0 Å². The van der Waals surface area contributed by atoms with Crippen molar-refractivity contribution < 1.29 is 8.42 Å². The smallest absolute Gasteiger partial charge is 0.174 e. The van der Waals surface area contributed by atoms with Crippen LogP contribution in [0.15, 0.2) is 18.2 Å². The number of halogens is 2. The van der Waals surface area contributed by atoms with Crippen LogP contribution in [0.3, 0.4) is 0 Å². The maximum Gasteiger partial charge on any atom is 0.174 e. The Labute approximate surface area is 126 Å². The van der Waals surface area contributed by atoms with Crippen molar-refractivity contribution in [1.82, 2.24) is 5.32 Å². The van der Waals surface area contributed by atoms with Crippen LogP contribution in [0.4, 0.5) is 5.69 Å². The SMILES string of the molecule is O=S1(=O)C[C@H]2NC(=S)N(c3cccc(Cl)c3Cl)[C@H]2C1. The fraction of sp³-hybridized carbons (Fsp3) is 0.364. The van der Waals surface area contributed by atoms with Crippen LogP contribution < -0.4 is 10.2 Å². The minimum atomic E-state index is -3.03. The molecule has 0 saturated carbocycles. The van der Waals surface area contributed by atoms with Gasteiger partial charge in [0.25, 0.3) is 0 Å². The molecule has 2 fully saturated rings. The molecular weight excluding hydrogens is 327 g/mol. The normalized spacial score (nSPS) is 28.3. The second-order valence-electron chi connectivity index (χ2n) is 4.64. The molecule has 2 aliphatic rings. The van der Waals surface area contributed by atoms with Gasteiger partial charge in [-0.15, -0.1) is 0 Å². The highest BCUT2D eigenvalue weighted by Gasteiger charge is 2.48. The molecule has 0 aromatic heterocycles. The molecule has 1 aromatic carbocycles. The monoisotopic (exact) mass is 336 g/mol. The van der Waals surface area contributed by atoms with Gasteiger partial charge in [0, 0.05) is 0 Å². The molecule has 8 heteroatoms. The molecule has 2 aliphatic heterocycles. The summed E-state index contributed by atoms with van der Waals surface area (Å²) in [4.78, 5) is 1.76. The molecule has 2 atom stereocenters. The topological polar surface area (TPSA) is 49.4 Å². The summed E-state index contributed by atoms with van der Waals surface area (Å²) in [5, 5.41) is 4.35. The molecule has 1 aromatic rings.